The van der Waals surface area contributed by atoms with Crippen LogP contribution in [-0.4, -0.2) is 58.0 Å². The molecular formula is C29H32N6. The maximum atomic E-state index is 4.75. The van der Waals surface area contributed by atoms with Crippen molar-refractivity contribution < 1.29 is 0 Å². The largest absolute Gasteiger partial charge is 0.346 e. The van der Waals surface area contributed by atoms with Gasteiger partial charge in [0.15, 0.2) is 0 Å². The highest BCUT2D eigenvalue weighted by Gasteiger charge is 2.14. The lowest BCUT2D eigenvalue weighted by Gasteiger charge is -2.32. The summed E-state index contributed by atoms with van der Waals surface area (Å²) in [6.45, 7) is 9.86. The first kappa shape index (κ1) is 23.1. The SMILES string of the molecule is CC(C)c1ccccc1C#Cc1nc(Nc2ccc(CN3CCN(C)CC3)cc2)nc2[nH]ccc12. The van der Waals surface area contributed by atoms with Gasteiger partial charge in [-0.05, 0) is 54.3 Å². The first-order chi connectivity index (χ1) is 17.0. The van der Waals surface area contributed by atoms with Crippen molar-refractivity contribution in [2.75, 3.05) is 38.5 Å². The molecule has 0 unspecified atom stereocenters. The Morgan fingerprint density at radius 3 is 2.49 bits per heavy atom. The normalized spacial score (nSPS) is 14.7. The van der Waals surface area contributed by atoms with Gasteiger partial charge >= 0.3 is 0 Å². The molecule has 35 heavy (non-hydrogen) atoms. The second kappa shape index (κ2) is 10.3. The number of hydrogen-bond donors (Lipinski definition) is 2. The second-order valence-electron chi connectivity index (χ2n) is 9.53. The molecule has 2 aromatic heterocycles. The van der Waals surface area contributed by atoms with E-state index in [1.54, 1.807) is 0 Å². The topological polar surface area (TPSA) is 60.1 Å². The van der Waals surface area contributed by atoms with Crippen molar-refractivity contribution in [3.8, 4) is 11.8 Å². The standard InChI is InChI=1S/C29H32N6/c1-21(2)25-7-5-4-6-23(25)10-13-27-26-14-15-30-28(26)33-29(32-27)31-24-11-8-22(9-12-24)20-35-18-16-34(3)17-19-35/h4-9,11-12,14-15,21H,16-20H2,1-3H3,(H2,30,31,32,33). The van der Waals surface area contributed by atoms with E-state index in [0.29, 0.717) is 17.6 Å². The third kappa shape index (κ3) is 5.54. The van der Waals surface area contributed by atoms with E-state index in [2.05, 4.69) is 100 Å². The molecule has 1 aliphatic rings. The van der Waals surface area contributed by atoms with Crippen LogP contribution >= 0.6 is 0 Å². The van der Waals surface area contributed by atoms with Crippen molar-refractivity contribution in [1.29, 1.82) is 0 Å². The van der Waals surface area contributed by atoms with E-state index in [9.17, 15) is 0 Å². The summed E-state index contributed by atoms with van der Waals surface area (Å²) in [7, 11) is 2.19. The molecule has 2 aromatic carbocycles. The highest BCUT2D eigenvalue weighted by atomic mass is 15.2. The second-order valence-corrected chi connectivity index (χ2v) is 9.53. The van der Waals surface area contributed by atoms with Crippen LogP contribution in [0.15, 0.2) is 60.8 Å². The fourth-order valence-electron chi connectivity index (χ4n) is 4.42. The van der Waals surface area contributed by atoms with Crippen molar-refractivity contribution in [3.05, 3.63) is 83.2 Å². The molecule has 0 bridgehead atoms. The van der Waals surface area contributed by atoms with Crippen molar-refractivity contribution in [3.63, 3.8) is 0 Å². The minimum atomic E-state index is 0.412. The number of nitrogens with one attached hydrogen (secondary N) is 2. The lowest BCUT2D eigenvalue weighted by atomic mass is 9.97. The maximum absolute atomic E-state index is 4.75. The van der Waals surface area contributed by atoms with Crippen LogP contribution in [-0.2, 0) is 6.54 Å². The third-order valence-corrected chi connectivity index (χ3v) is 6.53. The predicted octanol–water partition coefficient (Wildman–Crippen LogP) is 4.97. The van der Waals surface area contributed by atoms with E-state index in [-0.39, 0.29) is 0 Å². The lowest BCUT2D eigenvalue weighted by molar-refractivity contribution is 0.148. The Kier molecular flexibility index (Phi) is 6.80. The number of rotatable bonds is 5. The summed E-state index contributed by atoms with van der Waals surface area (Å²) in [5.74, 6) is 7.59. The molecule has 0 saturated carbocycles. The van der Waals surface area contributed by atoms with E-state index in [4.69, 9.17) is 4.98 Å². The van der Waals surface area contributed by atoms with Crippen molar-refractivity contribution >= 4 is 22.7 Å². The Morgan fingerprint density at radius 1 is 0.943 bits per heavy atom. The van der Waals surface area contributed by atoms with Gasteiger partial charge in [-0.15, -0.1) is 0 Å². The van der Waals surface area contributed by atoms with Gasteiger partial charge in [-0.25, -0.2) is 4.98 Å². The number of aromatic amines is 1. The quantitative estimate of drug-likeness (QED) is 0.408. The molecule has 4 aromatic rings. The Morgan fingerprint density at radius 2 is 1.71 bits per heavy atom. The van der Waals surface area contributed by atoms with E-state index < -0.39 is 0 Å². The molecule has 0 atom stereocenters. The zero-order valence-corrected chi connectivity index (χ0v) is 20.7. The molecule has 1 aliphatic heterocycles. The van der Waals surface area contributed by atoms with Crippen LogP contribution in [0.2, 0.25) is 0 Å². The van der Waals surface area contributed by atoms with Crippen molar-refractivity contribution in [2.24, 2.45) is 0 Å². The van der Waals surface area contributed by atoms with Gasteiger partial charge in [0.05, 0.1) is 5.39 Å². The van der Waals surface area contributed by atoms with Crippen LogP contribution in [0.25, 0.3) is 11.0 Å². The van der Waals surface area contributed by atoms with Gasteiger partial charge in [0.1, 0.15) is 11.3 Å². The predicted molar refractivity (Wildman–Crippen MR) is 143 cm³/mol. The Hall–Kier alpha value is -3.66. The number of nitrogens with zero attached hydrogens (tertiary/aromatic N) is 4. The summed E-state index contributed by atoms with van der Waals surface area (Å²) < 4.78 is 0. The Bertz CT molecular complexity index is 1350. The van der Waals surface area contributed by atoms with Gasteiger partial charge in [-0.2, -0.15) is 4.98 Å². The van der Waals surface area contributed by atoms with Gasteiger partial charge in [0, 0.05) is 50.2 Å². The van der Waals surface area contributed by atoms with Crippen LogP contribution in [0.3, 0.4) is 0 Å². The van der Waals surface area contributed by atoms with Gasteiger partial charge < -0.3 is 15.2 Å². The summed E-state index contributed by atoms with van der Waals surface area (Å²) in [5, 5.41) is 4.28. The molecule has 6 nitrogen and oxygen atoms in total. The Balaban J connectivity index is 1.35. The lowest BCUT2D eigenvalue weighted by Crippen LogP contribution is -2.43. The zero-order valence-electron chi connectivity index (χ0n) is 20.7. The molecule has 0 amide bonds. The Labute approximate surface area is 207 Å². The summed E-state index contributed by atoms with van der Waals surface area (Å²) in [5.41, 5.74) is 6.04. The average Bonchev–Trinajstić information content (AvgIpc) is 3.34. The van der Waals surface area contributed by atoms with Gasteiger partial charge in [-0.1, -0.05) is 50.1 Å². The van der Waals surface area contributed by atoms with Crippen LogP contribution in [0.1, 0.15) is 42.1 Å². The molecule has 0 spiro atoms. The molecule has 1 fully saturated rings. The van der Waals surface area contributed by atoms with Crippen molar-refractivity contribution in [1.82, 2.24) is 24.8 Å². The fourth-order valence-corrected chi connectivity index (χ4v) is 4.42. The van der Waals surface area contributed by atoms with E-state index in [0.717, 1.165) is 55.0 Å². The van der Waals surface area contributed by atoms with Crippen LogP contribution in [0.4, 0.5) is 11.6 Å². The molecular weight excluding hydrogens is 432 g/mol. The highest BCUT2D eigenvalue weighted by molar-refractivity contribution is 5.82. The molecule has 6 heteroatoms. The molecule has 5 rings (SSSR count). The fraction of sp³-hybridized carbons (Fsp3) is 0.310. The number of aromatic nitrogens is 3. The van der Waals surface area contributed by atoms with Crippen LogP contribution in [0, 0.1) is 11.8 Å². The molecule has 3 heterocycles. The highest BCUT2D eigenvalue weighted by Crippen LogP contribution is 2.21. The van der Waals surface area contributed by atoms with E-state index in [1.165, 1.54) is 11.1 Å². The number of piperazine rings is 1. The van der Waals surface area contributed by atoms with Gasteiger partial charge in [0.25, 0.3) is 0 Å². The number of H-pyrrole nitrogens is 1. The summed E-state index contributed by atoms with van der Waals surface area (Å²) in [6.07, 6.45) is 1.88. The smallest absolute Gasteiger partial charge is 0.230 e. The summed E-state index contributed by atoms with van der Waals surface area (Å²) in [4.78, 5) is 17.5. The third-order valence-electron chi connectivity index (χ3n) is 6.53. The molecule has 2 N–H and O–H groups in total. The number of fused-ring (bicyclic) bond motifs is 1. The van der Waals surface area contributed by atoms with E-state index in [1.807, 2.05) is 18.3 Å². The number of hydrogen-bond acceptors (Lipinski definition) is 5. The minimum absolute atomic E-state index is 0.412. The van der Waals surface area contributed by atoms with Crippen LogP contribution < -0.4 is 5.32 Å². The zero-order chi connectivity index (χ0) is 24.2. The number of anilines is 2. The van der Waals surface area contributed by atoms with Gasteiger partial charge in [-0.3, -0.25) is 4.90 Å². The summed E-state index contributed by atoms with van der Waals surface area (Å²) >= 11 is 0. The average molecular weight is 465 g/mol. The summed E-state index contributed by atoms with van der Waals surface area (Å²) in [6, 6.07) is 18.8. The molecule has 1 saturated heterocycles. The van der Waals surface area contributed by atoms with E-state index >= 15 is 0 Å². The number of likely N-dealkylation sites (N-methyl/N-ethyl adjacent to an activating group) is 1. The first-order valence-corrected chi connectivity index (χ1v) is 12.3. The first-order valence-electron chi connectivity index (χ1n) is 12.3. The van der Waals surface area contributed by atoms with Crippen LogP contribution in [0.5, 0.6) is 0 Å². The van der Waals surface area contributed by atoms with Crippen molar-refractivity contribution in [2.45, 2.75) is 26.3 Å². The molecule has 0 aliphatic carbocycles. The monoisotopic (exact) mass is 464 g/mol. The molecule has 0 radical (unpaired) electrons. The van der Waals surface area contributed by atoms with Gasteiger partial charge in [0.2, 0.25) is 5.95 Å². The number of benzene rings is 2. The minimum Gasteiger partial charge on any atom is -0.346 e. The maximum Gasteiger partial charge on any atom is 0.230 e. The molecule has 178 valence electrons.